The van der Waals surface area contributed by atoms with Crippen LogP contribution in [0.5, 0.6) is 11.5 Å². The summed E-state index contributed by atoms with van der Waals surface area (Å²) in [5.74, 6) is 2.42. The van der Waals surface area contributed by atoms with Crippen LogP contribution in [0.25, 0.3) is 11.0 Å². The number of benzene rings is 1. The van der Waals surface area contributed by atoms with Crippen LogP contribution in [0.15, 0.2) is 24.3 Å². The predicted molar refractivity (Wildman–Crippen MR) is 85.0 cm³/mol. The van der Waals surface area contributed by atoms with Gasteiger partial charge in [-0.3, -0.25) is 0 Å². The number of hydrogen-bond donors (Lipinski definition) is 1. The highest BCUT2D eigenvalue weighted by Gasteiger charge is 2.14. The number of methoxy groups -OCH3 is 2. The van der Waals surface area contributed by atoms with Gasteiger partial charge in [-0.15, -0.1) is 0 Å². The van der Waals surface area contributed by atoms with Crippen molar-refractivity contribution < 1.29 is 9.47 Å². The fourth-order valence-corrected chi connectivity index (χ4v) is 2.40. The Bertz CT molecular complexity index is 646. The molecule has 5 heteroatoms. The molecule has 0 aliphatic rings. The van der Waals surface area contributed by atoms with Crippen molar-refractivity contribution in [3.63, 3.8) is 0 Å². The smallest absolute Gasteiger partial charge is 0.163 e. The zero-order chi connectivity index (χ0) is 15.4. The van der Waals surface area contributed by atoms with Crippen molar-refractivity contribution >= 4 is 11.0 Å². The first-order valence-corrected chi connectivity index (χ1v) is 7.06. The Morgan fingerprint density at radius 1 is 1.29 bits per heavy atom. The largest absolute Gasteiger partial charge is 0.493 e. The number of ether oxygens (including phenoxy) is 2. The Morgan fingerprint density at radius 2 is 1.95 bits per heavy atom. The molecule has 0 amide bonds. The van der Waals surface area contributed by atoms with Gasteiger partial charge in [0.05, 0.1) is 25.3 Å². The average molecular weight is 289 g/mol. The lowest BCUT2D eigenvalue weighted by molar-refractivity contribution is 0.355. The molecule has 1 aromatic heterocycles. The molecule has 0 atom stereocenters. The minimum atomic E-state index is 0.656. The number of aromatic nitrogens is 2. The van der Waals surface area contributed by atoms with Gasteiger partial charge in [-0.25, -0.2) is 4.98 Å². The SMILES string of the molecule is C=C(C)Cn1c(CCCN)nc2cc(OC)c(OC)cc21. The Hall–Kier alpha value is -2.01. The third-order valence-electron chi connectivity index (χ3n) is 3.37. The maximum absolute atomic E-state index is 5.62. The number of hydrogen-bond acceptors (Lipinski definition) is 4. The summed E-state index contributed by atoms with van der Waals surface area (Å²) in [5.41, 5.74) is 8.63. The number of aryl methyl sites for hydroxylation is 1. The molecule has 0 bridgehead atoms. The van der Waals surface area contributed by atoms with Gasteiger partial charge in [0, 0.05) is 25.1 Å². The Balaban J connectivity index is 2.58. The Labute approximate surface area is 125 Å². The van der Waals surface area contributed by atoms with Crippen molar-refractivity contribution in [3.05, 3.63) is 30.1 Å². The van der Waals surface area contributed by atoms with E-state index in [0.717, 1.165) is 41.8 Å². The van der Waals surface area contributed by atoms with E-state index in [1.165, 1.54) is 0 Å². The van der Waals surface area contributed by atoms with Crippen molar-refractivity contribution in [2.24, 2.45) is 5.73 Å². The van der Waals surface area contributed by atoms with Crippen LogP contribution in [0.3, 0.4) is 0 Å². The topological polar surface area (TPSA) is 62.3 Å². The molecule has 0 aliphatic heterocycles. The van der Waals surface area contributed by atoms with Crippen LogP contribution < -0.4 is 15.2 Å². The molecule has 0 aliphatic carbocycles. The lowest BCUT2D eigenvalue weighted by Gasteiger charge is -2.11. The standard InChI is InChI=1S/C16H23N3O2/c1-11(2)10-19-13-9-15(21-4)14(20-3)8-12(13)18-16(19)6-5-7-17/h8-9H,1,5-7,10,17H2,2-4H3. The maximum atomic E-state index is 5.62. The summed E-state index contributed by atoms with van der Waals surface area (Å²) in [6.45, 7) is 7.42. The first kappa shape index (κ1) is 15.4. The minimum Gasteiger partial charge on any atom is -0.493 e. The number of allylic oxidation sites excluding steroid dienone is 1. The highest BCUT2D eigenvalue weighted by molar-refractivity contribution is 5.80. The van der Waals surface area contributed by atoms with Gasteiger partial charge in [0.25, 0.3) is 0 Å². The molecule has 0 saturated carbocycles. The normalized spacial score (nSPS) is 10.9. The summed E-state index contributed by atoms with van der Waals surface area (Å²) in [7, 11) is 3.27. The average Bonchev–Trinajstić information content (AvgIpc) is 2.80. The van der Waals surface area contributed by atoms with E-state index in [4.69, 9.17) is 20.2 Å². The number of rotatable bonds is 7. The maximum Gasteiger partial charge on any atom is 0.163 e. The molecule has 0 spiro atoms. The molecule has 0 saturated heterocycles. The van der Waals surface area contributed by atoms with Gasteiger partial charge in [-0.1, -0.05) is 12.2 Å². The molecule has 0 radical (unpaired) electrons. The minimum absolute atomic E-state index is 0.656. The molecule has 2 rings (SSSR count). The second kappa shape index (κ2) is 6.63. The molecule has 2 N–H and O–H groups in total. The fourth-order valence-electron chi connectivity index (χ4n) is 2.40. The van der Waals surface area contributed by atoms with Crippen molar-refractivity contribution in [1.82, 2.24) is 9.55 Å². The highest BCUT2D eigenvalue weighted by atomic mass is 16.5. The number of nitrogens with zero attached hydrogens (tertiary/aromatic N) is 2. The Kier molecular flexibility index (Phi) is 4.85. The summed E-state index contributed by atoms with van der Waals surface area (Å²) in [5, 5.41) is 0. The molecule has 2 aromatic rings. The molecule has 114 valence electrons. The highest BCUT2D eigenvalue weighted by Crippen LogP contribution is 2.32. The third kappa shape index (κ3) is 3.19. The van der Waals surface area contributed by atoms with E-state index < -0.39 is 0 Å². The molecular weight excluding hydrogens is 266 g/mol. The zero-order valence-corrected chi connectivity index (χ0v) is 13.0. The third-order valence-corrected chi connectivity index (χ3v) is 3.37. The number of fused-ring (bicyclic) bond motifs is 1. The number of imidazole rings is 1. The zero-order valence-electron chi connectivity index (χ0n) is 13.0. The summed E-state index contributed by atoms with van der Waals surface area (Å²) in [4.78, 5) is 4.72. The van der Waals surface area contributed by atoms with Gasteiger partial charge in [0.1, 0.15) is 5.82 Å². The van der Waals surface area contributed by atoms with Crippen LogP contribution in [0.4, 0.5) is 0 Å². The van der Waals surface area contributed by atoms with Crippen LogP contribution in [0, 0.1) is 0 Å². The van der Waals surface area contributed by atoms with Gasteiger partial charge >= 0.3 is 0 Å². The van der Waals surface area contributed by atoms with Crippen LogP contribution in [-0.2, 0) is 13.0 Å². The van der Waals surface area contributed by atoms with Crippen molar-refractivity contribution in [3.8, 4) is 11.5 Å². The summed E-state index contributed by atoms with van der Waals surface area (Å²) in [6.07, 6.45) is 1.76. The molecule has 0 fully saturated rings. The molecule has 1 aromatic carbocycles. The van der Waals surface area contributed by atoms with E-state index in [2.05, 4.69) is 11.1 Å². The van der Waals surface area contributed by atoms with Gasteiger partial charge in [0.2, 0.25) is 0 Å². The van der Waals surface area contributed by atoms with E-state index in [1.54, 1.807) is 14.2 Å². The fraction of sp³-hybridized carbons (Fsp3) is 0.438. The van der Waals surface area contributed by atoms with Gasteiger partial charge in [-0.2, -0.15) is 0 Å². The summed E-state index contributed by atoms with van der Waals surface area (Å²) < 4.78 is 12.9. The van der Waals surface area contributed by atoms with E-state index >= 15 is 0 Å². The monoisotopic (exact) mass is 289 g/mol. The molecule has 21 heavy (non-hydrogen) atoms. The van der Waals surface area contributed by atoms with Crippen LogP contribution in [-0.4, -0.2) is 30.3 Å². The Morgan fingerprint density at radius 3 is 2.52 bits per heavy atom. The quantitative estimate of drug-likeness (QED) is 0.796. The molecule has 5 nitrogen and oxygen atoms in total. The number of nitrogens with two attached hydrogens (primary N) is 1. The van der Waals surface area contributed by atoms with Gasteiger partial charge in [0.15, 0.2) is 11.5 Å². The second-order valence-corrected chi connectivity index (χ2v) is 5.16. The van der Waals surface area contributed by atoms with E-state index in [9.17, 15) is 0 Å². The first-order valence-electron chi connectivity index (χ1n) is 7.06. The van der Waals surface area contributed by atoms with E-state index in [-0.39, 0.29) is 0 Å². The molecular formula is C16H23N3O2. The summed E-state index contributed by atoms with van der Waals surface area (Å²) >= 11 is 0. The molecule has 0 unspecified atom stereocenters. The first-order chi connectivity index (χ1) is 10.1. The molecule has 1 heterocycles. The van der Waals surface area contributed by atoms with Crippen molar-refractivity contribution in [2.45, 2.75) is 26.3 Å². The van der Waals surface area contributed by atoms with Gasteiger partial charge in [-0.05, 0) is 19.9 Å². The van der Waals surface area contributed by atoms with E-state index in [1.807, 2.05) is 19.1 Å². The van der Waals surface area contributed by atoms with Crippen LogP contribution >= 0.6 is 0 Å². The van der Waals surface area contributed by atoms with Crippen LogP contribution in [0.1, 0.15) is 19.2 Å². The van der Waals surface area contributed by atoms with Crippen molar-refractivity contribution in [1.29, 1.82) is 0 Å². The van der Waals surface area contributed by atoms with Crippen LogP contribution in [0.2, 0.25) is 0 Å². The lowest BCUT2D eigenvalue weighted by atomic mass is 10.2. The van der Waals surface area contributed by atoms with Gasteiger partial charge < -0.3 is 19.8 Å². The van der Waals surface area contributed by atoms with E-state index in [0.29, 0.717) is 18.0 Å². The second-order valence-electron chi connectivity index (χ2n) is 5.16. The predicted octanol–water partition coefficient (Wildman–Crippen LogP) is 2.52. The lowest BCUT2D eigenvalue weighted by Crippen LogP contribution is -2.08. The summed E-state index contributed by atoms with van der Waals surface area (Å²) in [6, 6.07) is 3.88. The van der Waals surface area contributed by atoms with Crippen molar-refractivity contribution in [2.75, 3.05) is 20.8 Å².